The first kappa shape index (κ1) is 24.3. The largest absolute Gasteiger partial charge is 0.490 e. The van der Waals surface area contributed by atoms with Crippen LogP contribution in [0.2, 0.25) is 0 Å². The highest BCUT2D eigenvalue weighted by molar-refractivity contribution is 5.93. The molecule has 3 aromatic carbocycles. The van der Waals surface area contributed by atoms with E-state index >= 15 is 0 Å². The van der Waals surface area contributed by atoms with Gasteiger partial charge in [-0.05, 0) is 36.8 Å². The Morgan fingerprint density at radius 2 is 1.64 bits per heavy atom. The van der Waals surface area contributed by atoms with Gasteiger partial charge in [-0.1, -0.05) is 48.5 Å². The van der Waals surface area contributed by atoms with Crippen molar-refractivity contribution in [1.29, 1.82) is 0 Å². The molecule has 11 heteroatoms. The highest BCUT2D eigenvalue weighted by atomic mass is 19.4. The first-order valence-electron chi connectivity index (χ1n) is 10.6. The summed E-state index contributed by atoms with van der Waals surface area (Å²) in [7, 11) is 0. The van der Waals surface area contributed by atoms with Gasteiger partial charge in [0.05, 0.1) is 11.2 Å². The monoisotopic (exact) mass is 492 g/mol. The second-order valence-corrected chi connectivity index (χ2v) is 7.51. The lowest BCUT2D eigenvalue weighted by Crippen LogP contribution is -2.21. The third-order valence-electron chi connectivity index (χ3n) is 4.93. The number of benzene rings is 3. The topological polar surface area (TPSA) is 106 Å². The number of anilines is 2. The molecule has 0 unspecified atom stereocenters. The van der Waals surface area contributed by atoms with E-state index in [2.05, 4.69) is 38.6 Å². The molecule has 2 aromatic heterocycles. The maximum absolute atomic E-state index is 10.6. The van der Waals surface area contributed by atoms with Crippen molar-refractivity contribution in [1.82, 2.24) is 24.7 Å². The average molecular weight is 492 g/mol. The summed E-state index contributed by atoms with van der Waals surface area (Å²) in [5.41, 5.74) is 5.00. The van der Waals surface area contributed by atoms with Crippen LogP contribution in [0.15, 0.2) is 85.3 Å². The second kappa shape index (κ2) is 10.2. The van der Waals surface area contributed by atoms with Gasteiger partial charge in [0.1, 0.15) is 12.2 Å². The minimum Gasteiger partial charge on any atom is -0.475 e. The molecular formula is C25H19F3N6O2. The Bertz CT molecular complexity index is 1490. The molecule has 0 radical (unpaired) electrons. The Morgan fingerprint density at radius 3 is 2.25 bits per heavy atom. The smallest absolute Gasteiger partial charge is 0.475 e. The van der Waals surface area contributed by atoms with Crippen molar-refractivity contribution in [3.8, 4) is 16.8 Å². The lowest BCUT2D eigenvalue weighted by Gasteiger charge is -2.09. The molecular weight excluding hydrogens is 473 g/mol. The van der Waals surface area contributed by atoms with E-state index in [0.29, 0.717) is 5.95 Å². The molecule has 5 rings (SSSR count). The molecule has 0 bridgehead atoms. The van der Waals surface area contributed by atoms with E-state index in [-0.39, 0.29) is 0 Å². The molecule has 182 valence electrons. The fourth-order valence-corrected chi connectivity index (χ4v) is 3.26. The SMILES string of the molecule is Cc1ncn(-c2ccc(Nc3ncc4cccc(-c5ccccc5)c4n3)cc2)n1.O=C(O)C(F)(F)F. The van der Waals surface area contributed by atoms with Gasteiger partial charge < -0.3 is 10.4 Å². The number of halogens is 3. The summed E-state index contributed by atoms with van der Waals surface area (Å²) < 4.78 is 33.5. The number of hydrogen-bond acceptors (Lipinski definition) is 6. The highest BCUT2D eigenvalue weighted by Crippen LogP contribution is 2.28. The van der Waals surface area contributed by atoms with Crippen molar-refractivity contribution in [3.63, 3.8) is 0 Å². The zero-order chi connectivity index (χ0) is 25.7. The number of carbonyl (C=O) groups is 1. The summed E-state index contributed by atoms with van der Waals surface area (Å²) in [6, 6.07) is 24.3. The molecule has 0 aliphatic heterocycles. The van der Waals surface area contributed by atoms with Crippen LogP contribution < -0.4 is 5.32 Å². The van der Waals surface area contributed by atoms with Crippen molar-refractivity contribution in [2.24, 2.45) is 0 Å². The predicted octanol–water partition coefficient (Wildman–Crippen LogP) is 5.56. The van der Waals surface area contributed by atoms with Crippen LogP contribution in [0.1, 0.15) is 5.82 Å². The molecule has 5 aromatic rings. The van der Waals surface area contributed by atoms with Gasteiger partial charge in [0.15, 0.2) is 0 Å². The predicted molar refractivity (Wildman–Crippen MR) is 128 cm³/mol. The van der Waals surface area contributed by atoms with E-state index in [1.807, 2.05) is 67.7 Å². The Hall–Kier alpha value is -4.80. The van der Waals surface area contributed by atoms with Gasteiger partial charge in [0.25, 0.3) is 0 Å². The third-order valence-corrected chi connectivity index (χ3v) is 4.93. The number of rotatable bonds is 4. The van der Waals surface area contributed by atoms with E-state index < -0.39 is 12.1 Å². The second-order valence-electron chi connectivity index (χ2n) is 7.51. The summed E-state index contributed by atoms with van der Waals surface area (Å²) in [6.07, 6.45) is -1.53. The van der Waals surface area contributed by atoms with E-state index in [0.717, 1.165) is 39.2 Å². The number of hydrogen-bond donors (Lipinski definition) is 2. The van der Waals surface area contributed by atoms with Crippen LogP contribution in [0, 0.1) is 6.92 Å². The molecule has 0 saturated heterocycles. The zero-order valence-corrected chi connectivity index (χ0v) is 18.8. The van der Waals surface area contributed by atoms with E-state index in [4.69, 9.17) is 14.9 Å². The number of carboxylic acid groups (broad SMARTS) is 1. The standard InChI is InChI=1S/C23H18N6.C2HF3O2/c1-16-25-15-29(28-16)20-12-10-19(11-13-20)26-23-24-14-18-8-5-9-21(22(18)27-23)17-6-3-2-4-7-17;3-2(4,5)1(6)7/h2-15H,1H3,(H,24,26,27);(H,6,7). The minimum absolute atomic E-state index is 0.560. The summed E-state index contributed by atoms with van der Waals surface area (Å²) in [4.78, 5) is 22.3. The van der Waals surface area contributed by atoms with Gasteiger partial charge in [-0.3, -0.25) is 0 Å². The Kier molecular flexibility index (Phi) is 6.91. The van der Waals surface area contributed by atoms with Crippen LogP contribution >= 0.6 is 0 Å². The van der Waals surface area contributed by atoms with Crippen LogP contribution in [0.25, 0.3) is 27.7 Å². The Balaban J connectivity index is 0.000000384. The molecule has 0 saturated carbocycles. The maximum atomic E-state index is 10.6. The minimum atomic E-state index is -5.08. The first-order valence-corrected chi connectivity index (χ1v) is 10.6. The molecule has 0 amide bonds. The number of aliphatic carboxylic acids is 1. The number of fused-ring (bicyclic) bond motifs is 1. The lowest BCUT2D eigenvalue weighted by molar-refractivity contribution is -0.192. The molecule has 8 nitrogen and oxygen atoms in total. The van der Waals surface area contributed by atoms with E-state index in [1.165, 1.54) is 0 Å². The number of aryl methyl sites for hydroxylation is 1. The van der Waals surface area contributed by atoms with Crippen molar-refractivity contribution in [2.45, 2.75) is 13.1 Å². The van der Waals surface area contributed by atoms with Gasteiger partial charge >= 0.3 is 12.1 Å². The third kappa shape index (κ3) is 5.81. The van der Waals surface area contributed by atoms with Gasteiger partial charge in [-0.15, -0.1) is 0 Å². The normalized spacial score (nSPS) is 11.0. The fraction of sp³-hybridized carbons (Fsp3) is 0.0800. The molecule has 0 fully saturated rings. The average Bonchev–Trinajstić information content (AvgIpc) is 3.30. The first-order chi connectivity index (χ1) is 17.2. The molecule has 2 N–H and O–H groups in total. The van der Waals surface area contributed by atoms with Crippen LogP contribution in [0.3, 0.4) is 0 Å². The molecule has 0 aliphatic carbocycles. The van der Waals surface area contributed by atoms with Gasteiger partial charge in [0, 0.05) is 22.8 Å². The molecule has 0 spiro atoms. The van der Waals surface area contributed by atoms with Gasteiger partial charge in [0.2, 0.25) is 5.95 Å². The highest BCUT2D eigenvalue weighted by Gasteiger charge is 2.38. The van der Waals surface area contributed by atoms with Crippen molar-refractivity contribution in [2.75, 3.05) is 5.32 Å². The molecule has 0 aliphatic rings. The summed E-state index contributed by atoms with van der Waals surface area (Å²) in [5.74, 6) is -1.45. The van der Waals surface area contributed by atoms with Crippen LogP contribution in [0.5, 0.6) is 0 Å². The number of aromatic nitrogens is 5. The van der Waals surface area contributed by atoms with Crippen molar-refractivity contribution in [3.05, 3.63) is 91.1 Å². The summed E-state index contributed by atoms with van der Waals surface area (Å²) in [5, 5.41) is 15.8. The van der Waals surface area contributed by atoms with Crippen molar-refractivity contribution >= 4 is 28.5 Å². The van der Waals surface area contributed by atoms with E-state index in [9.17, 15) is 13.2 Å². The summed E-state index contributed by atoms with van der Waals surface area (Å²) in [6.45, 7) is 1.87. The van der Waals surface area contributed by atoms with Crippen molar-refractivity contribution < 1.29 is 23.1 Å². The van der Waals surface area contributed by atoms with Crippen LogP contribution in [-0.4, -0.2) is 42.0 Å². The molecule has 0 atom stereocenters. The number of nitrogens with zero attached hydrogens (tertiary/aromatic N) is 5. The van der Waals surface area contributed by atoms with Gasteiger partial charge in [-0.25, -0.2) is 24.4 Å². The number of para-hydroxylation sites is 1. The maximum Gasteiger partial charge on any atom is 0.490 e. The zero-order valence-electron chi connectivity index (χ0n) is 18.8. The fourth-order valence-electron chi connectivity index (χ4n) is 3.26. The number of nitrogens with one attached hydrogen (secondary N) is 1. The van der Waals surface area contributed by atoms with Crippen LogP contribution in [0.4, 0.5) is 24.8 Å². The number of alkyl halides is 3. The van der Waals surface area contributed by atoms with Gasteiger partial charge in [-0.2, -0.15) is 18.3 Å². The Morgan fingerprint density at radius 1 is 0.944 bits per heavy atom. The van der Waals surface area contributed by atoms with E-state index in [1.54, 1.807) is 11.0 Å². The Labute approximate surface area is 203 Å². The lowest BCUT2D eigenvalue weighted by atomic mass is 10.0. The quantitative estimate of drug-likeness (QED) is 0.338. The van der Waals surface area contributed by atoms with Crippen LogP contribution in [-0.2, 0) is 4.79 Å². The summed E-state index contributed by atoms with van der Waals surface area (Å²) >= 11 is 0. The molecule has 36 heavy (non-hydrogen) atoms. The number of carboxylic acids is 1. The molecule has 2 heterocycles.